The van der Waals surface area contributed by atoms with Crippen molar-refractivity contribution in [3.8, 4) is 0 Å². The number of hydrogen-bond donors (Lipinski definition) is 0. The molecule has 0 aliphatic heterocycles. The van der Waals surface area contributed by atoms with E-state index in [0.29, 0.717) is 0 Å². The van der Waals surface area contributed by atoms with Gasteiger partial charge >= 0.3 is 0 Å². The van der Waals surface area contributed by atoms with Gasteiger partial charge in [-0.3, -0.25) is 4.79 Å². The zero-order valence-corrected chi connectivity index (χ0v) is 9.14. The molecule has 0 atom stereocenters. The molecule has 0 heterocycles. The molecular formula is C12H18O. The molecule has 0 aliphatic carbocycles. The van der Waals surface area contributed by atoms with Crippen molar-refractivity contribution in [3.63, 3.8) is 0 Å². The van der Waals surface area contributed by atoms with Gasteiger partial charge in [0.2, 0.25) is 0 Å². The predicted molar refractivity (Wildman–Crippen MR) is 57.6 cm³/mol. The Morgan fingerprint density at radius 1 is 0.769 bits per heavy atom. The van der Waals surface area contributed by atoms with Crippen LogP contribution in [0.4, 0.5) is 0 Å². The minimum atomic E-state index is 0.0648. The molecule has 13 heavy (non-hydrogen) atoms. The summed E-state index contributed by atoms with van der Waals surface area (Å²) >= 11 is 0. The van der Waals surface area contributed by atoms with Crippen LogP contribution in [0, 0.1) is 0 Å². The normalized spacial score (nSPS) is 10.7. The Balaban J connectivity index is 4.50. The average molecular weight is 178 g/mol. The number of carbonyl (C=O) groups excluding carboxylic acids is 1. The molecule has 0 radical (unpaired) electrons. The number of carbonyl (C=O) groups is 1. The van der Waals surface area contributed by atoms with E-state index in [4.69, 9.17) is 0 Å². The van der Waals surface area contributed by atoms with Crippen LogP contribution < -0.4 is 0 Å². The van der Waals surface area contributed by atoms with E-state index >= 15 is 0 Å². The van der Waals surface area contributed by atoms with Gasteiger partial charge in [-0.15, -0.1) is 0 Å². The second-order valence-corrected chi connectivity index (χ2v) is 3.73. The maximum Gasteiger partial charge on any atom is 0.178 e. The molecule has 0 saturated carbocycles. The molecule has 0 aromatic carbocycles. The molecule has 0 N–H and O–H groups in total. The molecule has 1 heteroatoms. The van der Waals surface area contributed by atoms with Gasteiger partial charge in [-0.25, -0.2) is 0 Å². The molecule has 0 spiro atoms. The summed E-state index contributed by atoms with van der Waals surface area (Å²) in [6.07, 6.45) is 5.29. The van der Waals surface area contributed by atoms with Gasteiger partial charge in [0, 0.05) is 0 Å². The van der Waals surface area contributed by atoms with E-state index in [1.807, 2.05) is 40.7 Å². The van der Waals surface area contributed by atoms with Gasteiger partial charge in [0.15, 0.2) is 5.78 Å². The standard InChI is InChI=1S/C12H18O/c1-9(2)6-11(5)8-12(13)7-10(3)4/h6-8H,1-5H3. The first-order valence-corrected chi connectivity index (χ1v) is 4.44. The fraction of sp³-hybridized carbons (Fsp3) is 0.417. The summed E-state index contributed by atoms with van der Waals surface area (Å²) in [6, 6.07) is 0. The van der Waals surface area contributed by atoms with Crippen molar-refractivity contribution >= 4 is 5.78 Å². The Bertz CT molecular complexity index is 269. The number of rotatable bonds is 3. The van der Waals surface area contributed by atoms with Gasteiger partial charge in [0.1, 0.15) is 0 Å². The molecule has 0 saturated heterocycles. The van der Waals surface area contributed by atoms with Gasteiger partial charge in [-0.05, 0) is 52.3 Å². The smallest absolute Gasteiger partial charge is 0.178 e. The van der Waals surface area contributed by atoms with Gasteiger partial charge in [-0.2, -0.15) is 0 Å². The van der Waals surface area contributed by atoms with Crippen LogP contribution in [0.15, 0.2) is 34.9 Å². The third-order valence-electron chi connectivity index (χ3n) is 1.32. The molecule has 0 aliphatic rings. The van der Waals surface area contributed by atoms with E-state index in [9.17, 15) is 4.79 Å². The summed E-state index contributed by atoms with van der Waals surface area (Å²) in [7, 11) is 0. The fourth-order valence-electron chi connectivity index (χ4n) is 1.05. The largest absolute Gasteiger partial charge is 0.290 e. The first-order valence-electron chi connectivity index (χ1n) is 4.44. The van der Waals surface area contributed by atoms with Crippen molar-refractivity contribution in [1.82, 2.24) is 0 Å². The summed E-state index contributed by atoms with van der Waals surface area (Å²) in [5, 5.41) is 0. The van der Waals surface area contributed by atoms with E-state index in [-0.39, 0.29) is 5.78 Å². The molecule has 0 amide bonds. The highest BCUT2D eigenvalue weighted by molar-refractivity contribution is 6.00. The molecule has 0 unspecified atom stereocenters. The minimum absolute atomic E-state index is 0.0648. The monoisotopic (exact) mass is 178 g/mol. The summed E-state index contributed by atoms with van der Waals surface area (Å²) in [4.78, 5) is 11.3. The molecule has 72 valence electrons. The predicted octanol–water partition coefficient (Wildman–Crippen LogP) is 3.43. The second kappa shape index (κ2) is 5.52. The van der Waals surface area contributed by atoms with Crippen molar-refractivity contribution in [2.45, 2.75) is 34.6 Å². The summed E-state index contributed by atoms with van der Waals surface area (Å²) < 4.78 is 0. The van der Waals surface area contributed by atoms with Crippen LogP contribution in [0.3, 0.4) is 0 Å². The van der Waals surface area contributed by atoms with Crippen LogP contribution in [0.1, 0.15) is 34.6 Å². The quantitative estimate of drug-likeness (QED) is 0.478. The Morgan fingerprint density at radius 2 is 1.23 bits per heavy atom. The molecule has 0 rings (SSSR count). The molecule has 0 aromatic rings. The molecule has 0 fully saturated rings. The van der Waals surface area contributed by atoms with Crippen molar-refractivity contribution < 1.29 is 4.79 Å². The minimum Gasteiger partial charge on any atom is -0.290 e. The Labute approximate surface area is 80.8 Å². The molecule has 0 bridgehead atoms. The number of allylic oxidation sites excluding steroid dienone is 6. The van der Waals surface area contributed by atoms with Crippen LogP contribution in [0.5, 0.6) is 0 Å². The zero-order valence-electron chi connectivity index (χ0n) is 9.14. The Hall–Kier alpha value is -1.11. The van der Waals surface area contributed by atoms with E-state index in [2.05, 4.69) is 0 Å². The lowest BCUT2D eigenvalue weighted by Crippen LogP contribution is -1.88. The second-order valence-electron chi connectivity index (χ2n) is 3.73. The molecule has 1 nitrogen and oxygen atoms in total. The van der Waals surface area contributed by atoms with E-state index < -0.39 is 0 Å². The maximum atomic E-state index is 11.3. The average Bonchev–Trinajstić information content (AvgIpc) is 1.80. The Morgan fingerprint density at radius 3 is 1.62 bits per heavy atom. The van der Waals surface area contributed by atoms with Crippen molar-refractivity contribution in [1.29, 1.82) is 0 Å². The lowest BCUT2D eigenvalue weighted by atomic mass is 10.1. The third-order valence-corrected chi connectivity index (χ3v) is 1.32. The Kier molecular flexibility index (Phi) is 5.05. The van der Waals surface area contributed by atoms with Crippen molar-refractivity contribution in [2.75, 3.05) is 0 Å². The van der Waals surface area contributed by atoms with E-state index in [0.717, 1.165) is 11.1 Å². The summed E-state index contributed by atoms with van der Waals surface area (Å²) in [6.45, 7) is 9.80. The van der Waals surface area contributed by atoms with Crippen LogP contribution in [-0.2, 0) is 4.79 Å². The lowest BCUT2D eigenvalue weighted by molar-refractivity contribution is -0.110. The van der Waals surface area contributed by atoms with Gasteiger partial charge in [0.25, 0.3) is 0 Å². The highest BCUT2D eigenvalue weighted by Crippen LogP contribution is 2.01. The SMILES string of the molecule is CC(C)=CC(=O)C=C(C)C=C(C)C. The topological polar surface area (TPSA) is 17.1 Å². The van der Waals surface area contributed by atoms with Crippen molar-refractivity contribution in [3.05, 3.63) is 34.9 Å². The third kappa shape index (κ3) is 7.26. The van der Waals surface area contributed by atoms with E-state index in [1.165, 1.54) is 5.57 Å². The molecular weight excluding hydrogens is 160 g/mol. The first-order chi connectivity index (χ1) is 5.91. The highest BCUT2D eigenvalue weighted by atomic mass is 16.1. The highest BCUT2D eigenvalue weighted by Gasteiger charge is 1.92. The summed E-state index contributed by atoms with van der Waals surface area (Å²) in [5.41, 5.74) is 3.24. The first kappa shape index (κ1) is 11.9. The van der Waals surface area contributed by atoms with E-state index in [1.54, 1.807) is 12.2 Å². The fourth-order valence-corrected chi connectivity index (χ4v) is 1.05. The van der Waals surface area contributed by atoms with Gasteiger partial charge < -0.3 is 0 Å². The van der Waals surface area contributed by atoms with Crippen LogP contribution in [-0.4, -0.2) is 5.78 Å². The number of ketones is 1. The molecule has 0 aromatic heterocycles. The maximum absolute atomic E-state index is 11.3. The van der Waals surface area contributed by atoms with Crippen molar-refractivity contribution in [2.24, 2.45) is 0 Å². The summed E-state index contributed by atoms with van der Waals surface area (Å²) in [5.74, 6) is 0.0648. The zero-order chi connectivity index (χ0) is 10.4. The number of hydrogen-bond acceptors (Lipinski definition) is 1. The van der Waals surface area contributed by atoms with Gasteiger partial charge in [0.05, 0.1) is 0 Å². The van der Waals surface area contributed by atoms with Crippen LogP contribution in [0.25, 0.3) is 0 Å². The van der Waals surface area contributed by atoms with Crippen LogP contribution >= 0.6 is 0 Å². The van der Waals surface area contributed by atoms with Crippen LogP contribution in [0.2, 0.25) is 0 Å². The van der Waals surface area contributed by atoms with Gasteiger partial charge in [-0.1, -0.05) is 17.2 Å². The lowest BCUT2D eigenvalue weighted by Gasteiger charge is -1.92.